The lowest BCUT2D eigenvalue weighted by Gasteiger charge is -2.12. The molecule has 1 radical (unpaired) electrons. The molecule has 0 N–H and O–H groups in total. The molecule has 1 aromatic heterocycles. The van der Waals surface area contributed by atoms with E-state index in [9.17, 15) is 0 Å². The molecular formula is C6H10N3O2. The fraction of sp³-hybridized carbons (Fsp3) is 0.667. The standard InChI is InChI=1S/C6H10N3O2/c1-10-6(11-2)3-9-4-7-8-5-9/h4,6H,3H2,1-2H3. The minimum absolute atomic E-state index is 0.262. The van der Waals surface area contributed by atoms with Crippen molar-refractivity contribution >= 4 is 0 Å². The molecule has 0 aliphatic rings. The fourth-order valence-electron chi connectivity index (χ4n) is 0.691. The topological polar surface area (TPSA) is 49.2 Å². The molecule has 1 aromatic rings. The van der Waals surface area contributed by atoms with Gasteiger partial charge >= 0.3 is 0 Å². The summed E-state index contributed by atoms with van der Waals surface area (Å²) >= 11 is 0. The average Bonchev–Trinajstić information content (AvgIpc) is 2.52. The van der Waals surface area contributed by atoms with Gasteiger partial charge in [-0.2, -0.15) is 0 Å². The molecule has 0 spiro atoms. The average molecular weight is 156 g/mol. The number of nitrogens with zero attached hydrogens (tertiary/aromatic N) is 3. The largest absolute Gasteiger partial charge is 0.354 e. The van der Waals surface area contributed by atoms with Crippen LogP contribution in [0.1, 0.15) is 0 Å². The maximum absolute atomic E-state index is 4.95. The molecule has 0 unspecified atom stereocenters. The molecule has 0 fully saturated rings. The van der Waals surface area contributed by atoms with Gasteiger partial charge in [0.1, 0.15) is 6.33 Å². The quantitative estimate of drug-likeness (QED) is 0.561. The van der Waals surface area contributed by atoms with Crippen LogP contribution in [0.3, 0.4) is 0 Å². The van der Waals surface area contributed by atoms with Crippen molar-refractivity contribution in [1.29, 1.82) is 0 Å². The molecule has 0 aliphatic carbocycles. The molecular weight excluding hydrogens is 146 g/mol. The molecule has 0 bridgehead atoms. The Hall–Kier alpha value is -0.940. The van der Waals surface area contributed by atoms with Gasteiger partial charge in [-0.15, -0.1) is 10.2 Å². The Morgan fingerprint density at radius 1 is 1.55 bits per heavy atom. The summed E-state index contributed by atoms with van der Waals surface area (Å²) < 4.78 is 11.6. The molecule has 5 heteroatoms. The van der Waals surface area contributed by atoms with Crippen LogP contribution < -0.4 is 0 Å². The zero-order chi connectivity index (χ0) is 8.10. The van der Waals surface area contributed by atoms with E-state index >= 15 is 0 Å². The zero-order valence-corrected chi connectivity index (χ0v) is 6.52. The van der Waals surface area contributed by atoms with E-state index in [0.29, 0.717) is 6.54 Å². The Balaban J connectivity index is 2.41. The lowest BCUT2D eigenvalue weighted by molar-refractivity contribution is -0.111. The van der Waals surface area contributed by atoms with Crippen LogP contribution in [-0.4, -0.2) is 35.3 Å². The highest BCUT2D eigenvalue weighted by Crippen LogP contribution is 1.94. The number of aromatic nitrogens is 3. The second-order valence-corrected chi connectivity index (χ2v) is 1.98. The summed E-state index contributed by atoms with van der Waals surface area (Å²) in [6, 6.07) is 0. The number of hydrogen-bond acceptors (Lipinski definition) is 4. The third kappa shape index (κ3) is 2.28. The first-order valence-corrected chi connectivity index (χ1v) is 3.18. The first-order chi connectivity index (χ1) is 5.36. The number of ether oxygens (including phenoxy) is 2. The highest BCUT2D eigenvalue weighted by molar-refractivity contribution is 4.58. The molecule has 61 valence electrons. The van der Waals surface area contributed by atoms with Crippen molar-refractivity contribution in [2.45, 2.75) is 12.8 Å². The van der Waals surface area contributed by atoms with E-state index in [2.05, 4.69) is 16.5 Å². The Morgan fingerprint density at radius 2 is 2.27 bits per heavy atom. The smallest absolute Gasteiger partial charge is 0.201 e. The van der Waals surface area contributed by atoms with E-state index in [1.165, 1.54) is 0 Å². The van der Waals surface area contributed by atoms with E-state index < -0.39 is 0 Å². The summed E-state index contributed by atoms with van der Waals surface area (Å²) in [7, 11) is 3.16. The van der Waals surface area contributed by atoms with Crippen LogP contribution in [0.5, 0.6) is 0 Å². The van der Waals surface area contributed by atoms with E-state index in [-0.39, 0.29) is 6.29 Å². The van der Waals surface area contributed by atoms with E-state index in [1.807, 2.05) is 0 Å². The van der Waals surface area contributed by atoms with Crippen molar-refractivity contribution in [2.24, 2.45) is 0 Å². The van der Waals surface area contributed by atoms with Crippen molar-refractivity contribution in [3.63, 3.8) is 0 Å². The Kier molecular flexibility index (Phi) is 3.00. The van der Waals surface area contributed by atoms with Gasteiger partial charge in [-0.05, 0) is 0 Å². The van der Waals surface area contributed by atoms with Crippen LogP contribution >= 0.6 is 0 Å². The Labute approximate surface area is 64.9 Å². The number of rotatable bonds is 4. The second kappa shape index (κ2) is 4.05. The first-order valence-electron chi connectivity index (χ1n) is 3.18. The van der Waals surface area contributed by atoms with Crippen molar-refractivity contribution in [1.82, 2.24) is 14.8 Å². The molecule has 11 heavy (non-hydrogen) atoms. The molecule has 5 nitrogen and oxygen atoms in total. The van der Waals surface area contributed by atoms with Crippen molar-refractivity contribution in [3.05, 3.63) is 12.7 Å². The minimum Gasteiger partial charge on any atom is -0.354 e. The van der Waals surface area contributed by atoms with Gasteiger partial charge in [-0.1, -0.05) is 0 Å². The first kappa shape index (κ1) is 8.16. The van der Waals surface area contributed by atoms with Crippen LogP contribution in [0.15, 0.2) is 6.33 Å². The SMILES string of the molecule is COC(Cn1[c]nnc1)OC. The summed E-state index contributed by atoms with van der Waals surface area (Å²) in [6.07, 6.45) is 3.93. The zero-order valence-electron chi connectivity index (χ0n) is 6.52. The van der Waals surface area contributed by atoms with E-state index in [1.54, 1.807) is 25.1 Å². The Morgan fingerprint density at radius 3 is 2.73 bits per heavy atom. The van der Waals surface area contributed by atoms with Gasteiger partial charge in [0.2, 0.25) is 6.33 Å². The third-order valence-corrected chi connectivity index (χ3v) is 1.29. The fourth-order valence-corrected chi connectivity index (χ4v) is 0.691. The van der Waals surface area contributed by atoms with Crippen LogP contribution in [0.4, 0.5) is 0 Å². The summed E-state index contributed by atoms with van der Waals surface area (Å²) in [5.41, 5.74) is 0. The molecule has 0 amide bonds. The summed E-state index contributed by atoms with van der Waals surface area (Å²) in [6.45, 7) is 0.556. The number of hydrogen-bond donors (Lipinski definition) is 0. The molecule has 0 aromatic carbocycles. The number of methoxy groups -OCH3 is 2. The Bertz CT molecular complexity index is 184. The van der Waals surface area contributed by atoms with Gasteiger partial charge in [-0.25, -0.2) is 0 Å². The van der Waals surface area contributed by atoms with Gasteiger partial charge < -0.3 is 14.0 Å². The minimum atomic E-state index is -0.262. The highest BCUT2D eigenvalue weighted by Gasteiger charge is 2.04. The van der Waals surface area contributed by atoms with Crippen LogP contribution in [0.2, 0.25) is 0 Å². The predicted octanol–water partition coefficient (Wildman–Crippen LogP) is -0.303. The molecule has 0 atom stereocenters. The van der Waals surface area contributed by atoms with E-state index in [4.69, 9.17) is 9.47 Å². The molecule has 0 aliphatic heterocycles. The van der Waals surface area contributed by atoms with Crippen LogP contribution in [-0.2, 0) is 16.0 Å². The molecule has 0 saturated heterocycles. The van der Waals surface area contributed by atoms with Crippen molar-refractivity contribution in [3.8, 4) is 0 Å². The van der Waals surface area contributed by atoms with Gasteiger partial charge in [0, 0.05) is 14.2 Å². The van der Waals surface area contributed by atoms with Gasteiger partial charge in [0.25, 0.3) is 0 Å². The lowest BCUT2D eigenvalue weighted by atomic mass is 10.6. The summed E-state index contributed by atoms with van der Waals surface area (Å²) in [5.74, 6) is 0. The van der Waals surface area contributed by atoms with Gasteiger partial charge in [0.05, 0.1) is 6.54 Å². The lowest BCUT2D eigenvalue weighted by Crippen LogP contribution is -2.19. The third-order valence-electron chi connectivity index (χ3n) is 1.29. The maximum atomic E-state index is 4.95. The normalized spacial score (nSPS) is 10.8. The molecule has 1 rings (SSSR count). The van der Waals surface area contributed by atoms with Crippen molar-refractivity contribution < 1.29 is 9.47 Å². The predicted molar refractivity (Wildman–Crippen MR) is 36.7 cm³/mol. The van der Waals surface area contributed by atoms with Crippen LogP contribution in [0.25, 0.3) is 0 Å². The van der Waals surface area contributed by atoms with Crippen molar-refractivity contribution in [2.75, 3.05) is 14.2 Å². The highest BCUT2D eigenvalue weighted by atomic mass is 16.7. The molecule has 1 heterocycles. The van der Waals surface area contributed by atoms with Crippen LogP contribution in [0, 0.1) is 6.33 Å². The second-order valence-electron chi connectivity index (χ2n) is 1.98. The summed E-state index contributed by atoms with van der Waals surface area (Å²) in [5, 5.41) is 7.11. The van der Waals surface area contributed by atoms with Gasteiger partial charge in [0.15, 0.2) is 6.29 Å². The molecule has 0 saturated carbocycles. The maximum Gasteiger partial charge on any atom is 0.201 e. The van der Waals surface area contributed by atoms with Gasteiger partial charge in [-0.3, -0.25) is 0 Å². The summed E-state index contributed by atoms with van der Waals surface area (Å²) in [4.78, 5) is 0. The monoisotopic (exact) mass is 156 g/mol. The van der Waals surface area contributed by atoms with E-state index in [0.717, 1.165) is 0 Å².